The number of carbonyl (C=O) groups is 1. The number of benzene rings is 2. The molecule has 2 aromatic carbocycles. The minimum absolute atomic E-state index is 0.000401. The molecule has 0 amide bonds. The molecule has 7 heteroatoms. The van der Waals surface area contributed by atoms with Gasteiger partial charge in [0, 0.05) is 27.4 Å². The molecular weight excluding hydrogens is 367 g/mol. The van der Waals surface area contributed by atoms with E-state index >= 15 is 0 Å². The summed E-state index contributed by atoms with van der Waals surface area (Å²) in [5.74, 6) is 0. The zero-order chi connectivity index (χ0) is 16.7. The Morgan fingerprint density at radius 3 is 2.00 bits per heavy atom. The van der Waals surface area contributed by atoms with Gasteiger partial charge in [0.2, 0.25) is 0 Å². The highest BCUT2D eigenvalue weighted by Gasteiger charge is 2.20. The molecule has 116 valence electrons. The lowest BCUT2D eigenvalue weighted by Gasteiger charge is -2.13. The fourth-order valence-corrected chi connectivity index (χ4v) is 3.78. The molecule has 0 saturated heterocycles. The van der Waals surface area contributed by atoms with E-state index in [2.05, 4.69) is 0 Å². The van der Waals surface area contributed by atoms with E-state index in [9.17, 15) is 13.2 Å². The molecule has 0 saturated carbocycles. The van der Waals surface area contributed by atoms with E-state index in [-0.39, 0.29) is 10.5 Å². The molecule has 0 radical (unpaired) electrons. The first-order valence-electron chi connectivity index (χ1n) is 6.10. The number of hydrogen-bond donors (Lipinski definition) is 0. The van der Waals surface area contributed by atoms with Gasteiger partial charge in [-0.15, -0.1) is 0 Å². The van der Waals surface area contributed by atoms with Gasteiger partial charge in [-0.25, -0.2) is 8.42 Å². The van der Waals surface area contributed by atoms with Crippen molar-refractivity contribution in [2.75, 3.05) is 6.26 Å². The average Bonchev–Trinajstić information content (AvgIpc) is 2.35. The first kappa shape index (κ1) is 17.3. The minimum Gasteiger partial charge on any atom is -0.276 e. The van der Waals surface area contributed by atoms with E-state index in [4.69, 9.17) is 34.8 Å². The van der Waals surface area contributed by atoms with Gasteiger partial charge < -0.3 is 0 Å². The predicted octanol–water partition coefficient (Wildman–Crippen LogP) is 4.75. The number of carbonyl (C=O) groups excluding carboxylic acids is 1. The number of halogens is 3. The summed E-state index contributed by atoms with van der Waals surface area (Å²) >= 11 is 17.5. The zero-order valence-electron chi connectivity index (χ0n) is 11.7. The molecule has 2 aromatic rings. The third-order valence-electron chi connectivity index (χ3n) is 3.11. The summed E-state index contributed by atoms with van der Waals surface area (Å²) in [7, 11) is -3.58. The molecule has 2 rings (SSSR count). The quantitative estimate of drug-likeness (QED) is 0.725. The van der Waals surface area contributed by atoms with Crippen LogP contribution >= 0.6 is 34.8 Å². The standard InChI is InChI=1S/C15H11Cl3O3S/c1-8-3-13(9-4-10(16)6-11(17)5-9)14(22(2,20)21)7-12(8)15(18)19/h3-7H,1-2H3. The van der Waals surface area contributed by atoms with Crippen molar-refractivity contribution in [2.45, 2.75) is 11.8 Å². The van der Waals surface area contributed by atoms with Crippen molar-refractivity contribution in [3.05, 3.63) is 51.5 Å². The van der Waals surface area contributed by atoms with Crippen molar-refractivity contribution < 1.29 is 13.2 Å². The predicted molar refractivity (Wildman–Crippen MR) is 89.9 cm³/mol. The Hall–Kier alpha value is -1.07. The Labute approximate surface area is 143 Å². The number of rotatable bonds is 3. The SMILES string of the molecule is Cc1cc(-c2cc(Cl)cc(Cl)c2)c(S(C)(=O)=O)cc1C(=O)Cl. The second-order valence-corrected chi connectivity index (χ2v) is 8.07. The number of aryl methyl sites for hydroxylation is 1. The van der Waals surface area contributed by atoms with Crippen LogP contribution in [0.4, 0.5) is 0 Å². The van der Waals surface area contributed by atoms with Crippen molar-refractivity contribution in [1.29, 1.82) is 0 Å². The third-order valence-corrected chi connectivity index (χ3v) is 4.89. The van der Waals surface area contributed by atoms with Crippen LogP contribution < -0.4 is 0 Å². The van der Waals surface area contributed by atoms with Gasteiger partial charge in [-0.05, 0) is 60.0 Å². The van der Waals surface area contributed by atoms with Gasteiger partial charge in [0.25, 0.3) is 5.24 Å². The maximum Gasteiger partial charge on any atom is 0.252 e. The molecule has 0 bridgehead atoms. The lowest BCUT2D eigenvalue weighted by Crippen LogP contribution is -2.04. The lowest BCUT2D eigenvalue weighted by molar-refractivity contribution is 0.108. The fourth-order valence-electron chi connectivity index (χ4n) is 2.14. The van der Waals surface area contributed by atoms with Crippen molar-refractivity contribution >= 4 is 49.9 Å². The van der Waals surface area contributed by atoms with Crippen LogP contribution in [0.2, 0.25) is 10.0 Å². The Balaban J connectivity index is 2.85. The summed E-state index contributed by atoms with van der Waals surface area (Å²) in [4.78, 5) is 11.4. The van der Waals surface area contributed by atoms with E-state index in [0.717, 1.165) is 6.26 Å². The number of sulfone groups is 1. The highest BCUT2D eigenvalue weighted by atomic mass is 35.5. The fraction of sp³-hybridized carbons (Fsp3) is 0.133. The van der Waals surface area contributed by atoms with Crippen LogP contribution in [0.25, 0.3) is 11.1 Å². The third kappa shape index (κ3) is 3.63. The Bertz CT molecular complexity index is 854. The van der Waals surface area contributed by atoms with Crippen LogP contribution in [-0.4, -0.2) is 19.9 Å². The maximum atomic E-state index is 12.1. The summed E-state index contributed by atoms with van der Waals surface area (Å²) in [6.45, 7) is 1.68. The van der Waals surface area contributed by atoms with Crippen molar-refractivity contribution in [2.24, 2.45) is 0 Å². The number of hydrogen-bond acceptors (Lipinski definition) is 3. The first-order valence-corrected chi connectivity index (χ1v) is 9.13. The second kappa shape index (κ2) is 6.20. The van der Waals surface area contributed by atoms with Gasteiger partial charge in [-0.1, -0.05) is 23.2 Å². The van der Waals surface area contributed by atoms with Gasteiger partial charge in [-0.3, -0.25) is 4.79 Å². The maximum absolute atomic E-state index is 12.1. The van der Waals surface area contributed by atoms with Crippen LogP contribution in [0.15, 0.2) is 35.2 Å². The summed E-state index contributed by atoms with van der Waals surface area (Å²) < 4.78 is 24.1. The smallest absolute Gasteiger partial charge is 0.252 e. The van der Waals surface area contributed by atoms with Gasteiger partial charge >= 0.3 is 0 Å². The van der Waals surface area contributed by atoms with Crippen molar-refractivity contribution in [3.8, 4) is 11.1 Å². The molecule has 0 unspecified atom stereocenters. The molecule has 0 aliphatic heterocycles. The van der Waals surface area contributed by atoms with Gasteiger partial charge in [0.05, 0.1) is 4.90 Å². The lowest BCUT2D eigenvalue weighted by atomic mass is 10.00. The molecule has 0 N–H and O–H groups in total. The summed E-state index contributed by atoms with van der Waals surface area (Å²) in [5.41, 5.74) is 1.69. The molecule has 0 atom stereocenters. The van der Waals surface area contributed by atoms with Crippen LogP contribution in [0.1, 0.15) is 15.9 Å². The summed E-state index contributed by atoms with van der Waals surface area (Å²) in [6, 6.07) is 7.65. The zero-order valence-corrected chi connectivity index (χ0v) is 14.7. The van der Waals surface area contributed by atoms with E-state index < -0.39 is 15.1 Å². The highest BCUT2D eigenvalue weighted by molar-refractivity contribution is 7.90. The monoisotopic (exact) mass is 376 g/mol. The molecule has 0 fully saturated rings. The summed E-state index contributed by atoms with van der Waals surface area (Å²) in [5, 5.41) is 0.0623. The molecule has 0 aliphatic carbocycles. The topological polar surface area (TPSA) is 51.2 Å². The van der Waals surface area contributed by atoms with Crippen LogP contribution in [0.5, 0.6) is 0 Å². The Morgan fingerprint density at radius 2 is 1.55 bits per heavy atom. The minimum atomic E-state index is -3.58. The van der Waals surface area contributed by atoms with E-state index in [1.807, 2.05) is 0 Å². The Kier molecular flexibility index (Phi) is 4.87. The molecule has 0 heterocycles. The molecule has 3 nitrogen and oxygen atoms in total. The van der Waals surface area contributed by atoms with Crippen LogP contribution in [0.3, 0.4) is 0 Å². The Morgan fingerprint density at radius 1 is 1.00 bits per heavy atom. The molecule has 0 aromatic heterocycles. The second-order valence-electron chi connectivity index (χ2n) is 4.87. The van der Waals surface area contributed by atoms with E-state index in [0.29, 0.717) is 26.7 Å². The summed E-state index contributed by atoms with van der Waals surface area (Å²) in [6.07, 6.45) is 1.07. The van der Waals surface area contributed by atoms with Crippen molar-refractivity contribution in [3.63, 3.8) is 0 Å². The normalized spacial score (nSPS) is 11.5. The largest absolute Gasteiger partial charge is 0.276 e. The van der Waals surface area contributed by atoms with Gasteiger partial charge in [0.15, 0.2) is 9.84 Å². The van der Waals surface area contributed by atoms with Gasteiger partial charge in [0.1, 0.15) is 0 Å². The molecule has 0 spiro atoms. The first-order chi connectivity index (χ1) is 10.1. The molecule has 22 heavy (non-hydrogen) atoms. The van der Waals surface area contributed by atoms with Crippen LogP contribution in [-0.2, 0) is 9.84 Å². The van der Waals surface area contributed by atoms with E-state index in [1.54, 1.807) is 31.2 Å². The van der Waals surface area contributed by atoms with E-state index in [1.165, 1.54) is 6.07 Å². The van der Waals surface area contributed by atoms with Crippen molar-refractivity contribution in [1.82, 2.24) is 0 Å². The average molecular weight is 378 g/mol. The van der Waals surface area contributed by atoms with Crippen LogP contribution in [0, 0.1) is 6.92 Å². The molecular formula is C15H11Cl3O3S. The highest BCUT2D eigenvalue weighted by Crippen LogP contribution is 2.34. The molecule has 0 aliphatic rings. The van der Waals surface area contributed by atoms with Gasteiger partial charge in [-0.2, -0.15) is 0 Å².